The quantitative estimate of drug-likeness (QED) is 0.432. The second kappa shape index (κ2) is 7.64. The number of fused-ring (bicyclic) bond motifs is 2. The van der Waals surface area contributed by atoms with Gasteiger partial charge in [-0.3, -0.25) is 4.57 Å². The van der Waals surface area contributed by atoms with Crippen LogP contribution in [0.2, 0.25) is 0 Å². The summed E-state index contributed by atoms with van der Waals surface area (Å²) in [6.45, 7) is 9.04. The third-order valence-electron chi connectivity index (χ3n) is 6.60. The first-order chi connectivity index (χ1) is 15.0. The Bertz CT molecular complexity index is 1220. The van der Waals surface area contributed by atoms with E-state index < -0.39 is 0 Å². The minimum Gasteiger partial charge on any atom is -0.299 e. The molecule has 0 spiro atoms. The van der Waals surface area contributed by atoms with Gasteiger partial charge >= 0.3 is 0 Å². The van der Waals surface area contributed by atoms with Crippen LogP contribution in [-0.4, -0.2) is 9.55 Å². The Morgan fingerprint density at radius 3 is 2.61 bits per heavy atom. The standard InChI is InChI=1S/C28H29FN2/c1-17(2)23-16-20-15-19-9-5-6-10-21(19)26(20)25(18(3)4)27(23)31-14-13-30-28(31)22-11-7-8-12-24(22)29/h6-8,10-14,16-18H,5,9,15H2,1-4H3. The van der Waals surface area contributed by atoms with E-state index in [0.29, 0.717) is 23.2 Å². The van der Waals surface area contributed by atoms with Gasteiger partial charge in [-0.2, -0.15) is 0 Å². The van der Waals surface area contributed by atoms with E-state index in [0.717, 1.165) is 19.3 Å². The molecule has 0 fully saturated rings. The number of benzene rings is 2. The van der Waals surface area contributed by atoms with Gasteiger partial charge in [-0.15, -0.1) is 0 Å². The van der Waals surface area contributed by atoms with Crippen LogP contribution in [0.5, 0.6) is 0 Å². The molecule has 2 aromatic carbocycles. The maximum Gasteiger partial charge on any atom is 0.147 e. The second-order valence-electron chi connectivity index (χ2n) is 9.31. The average Bonchev–Trinajstić information content (AvgIpc) is 3.36. The van der Waals surface area contributed by atoms with Crippen LogP contribution in [0, 0.1) is 5.82 Å². The van der Waals surface area contributed by atoms with Gasteiger partial charge < -0.3 is 0 Å². The van der Waals surface area contributed by atoms with E-state index in [1.807, 2.05) is 18.3 Å². The molecule has 1 heterocycles. The van der Waals surface area contributed by atoms with Crippen molar-refractivity contribution >= 4 is 5.57 Å². The summed E-state index contributed by atoms with van der Waals surface area (Å²) in [5.41, 5.74) is 10.2. The number of allylic oxidation sites excluding steroid dienone is 4. The number of hydrogen-bond acceptors (Lipinski definition) is 1. The van der Waals surface area contributed by atoms with Crippen LogP contribution in [-0.2, 0) is 6.42 Å². The van der Waals surface area contributed by atoms with Gasteiger partial charge in [-0.1, -0.05) is 63.6 Å². The van der Waals surface area contributed by atoms with Crippen molar-refractivity contribution in [3.63, 3.8) is 0 Å². The molecule has 0 unspecified atom stereocenters. The number of imidazole rings is 1. The Balaban J connectivity index is 1.84. The summed E-state index contributed by atoms with van der Waals surface area (Å²) in [6, 6.07) is 9.32. The fourth-order valence-corrected chi connectivity index (χ4v) is 5.21. The molecule has 0 saturated carbocycles. The Morgan fingerprint density at radius 1 is 1.06 bits per heavy atom. The maximum atomic E-state index is 14.7. The normalized spacial score (nSPS) is 15.2. The molecular formula is C28H29FN2. The molecular weight excluding hydrogens is 383 g/mol. The number of halogens is 1. The number of rotatable bonds is 4. The highest BCUT2D eigenvalue weighted by Crippen LogP contribution is 2.47. The predicted molar refractivity (Wildman–Crippen MR) is 126 cm³/mol. The largest absolute Gasteiger partial charge is 0.299 e. The summed E-state index contributed by atoms with van der Waals surface area (Å²) in [6.07, 6.45) is 11.7. The third-order valence-corrected chi connectivity index (χ3v) is 6.60. The molecule has 3 aromatic rings. The number of nitrogens with zero attached hydrogens (tertiary/aromatic N) is 2. The van der Waals surface area contributed by atoms with E-state index in [1.54, 1.807) is 17.8 Å². The first kappa shape index (κ1) is 20.0. The predicted octanol–water partition coefficient (Wildman–Crippen LogP) is 7.58. The highest BCUT2D eigenvalue weighted by molar-refractivity contribution is 5.88. The van der Waals surface area contributed by atoms with Crippen molar-refractivity contribution < 1.29 is 4.39 Å². The molecule has 0 aliphatic heterocycles. The molecule has 0 N–H and O–H groups in total. The van der Waals surface area contributed by atoms with Crippen LogP contribution in [0.25, 0.3) is 22.6 Å². The van der Waals surface area contributed by atoms with Gasteiger partial charge in [-0.25, -0.2) is 9.37 Å². The lowest BCUT2D eigenvalue weighted by Gasteiger charge is -2.26. The molecule has 2 aliphatic carbocycles. The van der Waals surface area contributed by atoms with Gasteiger partial charge in [0.15, 0.2) is 0 Å². The van der Waals surface area contributed by atoms with Gasteiger partial charge in [0.1, 0.15) is 11.6 Å². The highest BCUT2D eigenvalue weighted by atomic mass is 19.1. The van der Waals surface area contributed by atoms with E-state index in [-0.39, 0.29) is 5.82 Å². The molecule has 0 amide bonds. The zero-order valence-electron chi connectivity index (χ0n) is 18.7. The first-order valence-electron chi connectivity index (χ1n) is 11.3. The van der Waals surface area contributed by atoms with E-state index in [2.05, 4.69) is 55.5 Å². The van der Waals surface area contributed by atoms with Gasteiger partial charge in [0.2, 0.25) is 0 Å². The molecule has 31 heavy (non-hydrogen) atoms. The summed E-state index contributed by atoms with van der Waals surface area (Å²) >= 11 is 0. The smallest absolute Gasteiger partial charge is 0.147 e. The molecule has 0 saturated heterocycles. The molecule has 0 bridgehead atoms. The third kappa shape index (κ3) is 3.18. The zero-order valence-corrected chi connectivity index (χ0v) is 18.7. The Hall–Kier alpha value is -2.94. The molecule has 0 radical (unpaired) electrons. The van der Waals surface area contributed by atoms with Crippen molar-refractivity contribution in [2.45, 2.75) is 58.8 Å². The van der Waals surface area contributed by atoms with Crippen molar-refractivity contribution in [3.05, 3.63) is 88.5 Å². The second-order valence-corrected chi connectivity index (χ2v) is 9.31. The van der Waals surface area contributed by atoms with Crippen LogP contribution in [0.1, 0.15) is 74.6 Å². The zero-order chi connectivity index (χ0) is 21.7. The lowest BCUT2D eigenvalue weighted by molar-refractivity contribution is 0.629. The summed E-state index contributed by atoms with van der Waals surface area (Å²) in [7, 11) is 0. The van der Waals surface area contributed by atoms with Crippen molar-refractivity contribution in [2.24, 2.45) is 0 Å². The lowest BCUT2D eigenvalue weighted by atomic mass is 9.84. The molecule has 2 nitrogen and oxygen atoms in total. The SMILES string of the molecule is CC(C)c1cc2c(c(C(C)C)c1-n1ccnc1-c1ccccc1F)C1=C(CCC=C1)C2. The summed E-state index contributed by atoms with van der Waals surface area (Å²) < 4.78 is 16.9. The van der Waals surface area contributed by atoms with Gasteiger partial charge in [0.05, 0.1) is 11.3 Å². The highest BCUT2D eigenvalue weighted by Gasteiger charge is 2.30. The fraction of sp³-hybridized carbons (Fsp3) is 0.321. The Morgan fingerprint density at radius 2 is 1.87 bits per heavy atom. The summed E-state index contributed by atoms with van der Waals surface area (Å²) in [5.74, 6) is 1.10. The van der Waals surface area contributed by atoms with Gasteiger partial charge in [0.25, 0.3) is 0 Å². The van der Waals surface area contributed by atoms with Crippen LogP contribution in [0.15, 0.2) is 60.5 Å². The maximum absolute atomic E-state index is 14.7. The van der Waals surface area contributed by atoms with Gasteiger partial charge in [-0.05, 0) is 71.1 Å². The molecule has 0 atom stereocenters. The molecule has 3 heteroatoms. The van der Waals surface area contributed by atoms with Crippen molar-refractivity contribution in [1.29, 1.82) is 0 Å². The topological polar surface area (TPSA) is 17.8 Å². The summed E-state index contributed by atoms with van der Waals surface area (Å²) in [5, 5.41) is 0. The monoisotopic (exact) mass is 412 g/mol. The summed E-state index contributed by atoms with van der Waals surface area (Å²) in [4.78, 5) is 4.60. The van der Waals surface area contributed by atoms with E-state index >= 15 is 0 Å². The van der Waals surface area contributed by atoms with Gasteiger partial charge in [0, 0.05) is 12.4 Å². The Labute approximate surface area is 184 Å². The molecule has 5 rings (SSSR count). The first-order valence-corrected chi connectivity index (χ1v) is 11.3. The van der Waals surface area contributed by atoms with Crippen molar-refractivity contribution in [2.75, 3.05) is 0 Å². The molecule has 158 valence electrons. The van der Waals surface area contributed by atoms with Crippen molar-refractivity contribution in [1.82, 2.24) is 9.55 Å². The number of hydrogen-bond donors (Lipinski definition) is 0. The molecule has 2 aliphatic rings. The minimum absolute atomic E-state index is 0.242. The Kier molecular flexibility index (Phi) is 4.92. The fourth-order valence-electron chi connectivity index (χ4n) is 5.21. The van der Waals surface area contributed by atoms with E-state index in [9.17, 15) is 4.39 Å². The lowest BCUT2D eigenvalue weighted by Crippen LogP contribution is -2.12. The van der Waals surface area contributed by atoms with Crippen LogP contribution in [0.3, 0.4) is 0 Å². The van der Waals surface area contributed by atoms with Crippen LogP contribution in [0.4, 0.5) is 4.39 Å². The van der Waals surface area contributed by atoms with Crippen LogP contribution >= 0.6 is 0 Å². The number of aromatic nitrogens is 2. The van der Waals surface area contributed by atoms with Crippen molar-refractivity contribution in [3.8, 4) is 17.1 Å². The minimum atomic E-state index is -0.242. The average molecular weight is 413 g/mol. The van der Waals surface area contributed by atoms with Crippen LogP contribution < -0.4 is 0 Å². The molecule has 1 aromatic heterocycles. The van der Waals surface area contributed by atoms with E-state index in [1.165, 1.54) is 39.6 Å². The van der Waals surface area contributed by atoms with E-state index in [4.69, 9.17) is 0 Å².